The highest BCUT2D eigenvalue weighted by Gasteiger charge is 2.53. The first-order chi connectivity index (χ1) is 11.7. The highest BCUT2D eigenvalue weighted by Crippen LogP contribution is 2.42. The lowest BCUT2D eigenvalue weighted by Gasteiger charge is -2.34. The molecule has 1 N–H and O–H groups in total. The number of carbonyl (C=O) groups is 1. The van der Waals surface area contributed by atoms with Crippen LogP contribution in [0, 0.1) is 11.3 Å². The number of ether oxygens (including phenoxy) is 1. The van der Waals surface area contributed by atoms with Gasteiger partial charge in [-0.2, -0.15) is 0 Å². The van der Waals surface area contributed by atoms with E-state index in [0.717, 1.165) is 24.4 Å². The predicted molar refractivity (Wildman–Crippen MR) is 88.4 cm³/mol. The Hall–Kier alpha value is -2.11. The normalized spacial score (nSPS) is 27.1. The van der Waals surface area contributed by atoms with Gasteiger partial charge in [0.05, 0.1) is 18.3 Å². The van der Waals surface area contributed by atoms with E-state index in [1.807, 2.05) is 24.3 Å². The van der Waals surface area contributed by atoms with Crippen LogP contribution in [0.3, 0.4) is 0 Å². The van der Waals surface area contributed by atoms with Crippen molar-refractivity contribution in [2.45, 2.75) is 13.0 Å². The maximum atomic E-state index is 11.9. The SMILES string of the molecule is O=C(O)[C@]12CCOC[C@H]1CN(Cc1cccc(-c3ccco3)c1)C2. The summed E-state index contributed by atoms with van der Waals surface area (Å²) in [5, 5.41) is 9.76. The maximum absolute atomic E-state index is 11.9. The molecule has 0 aliphatic carbocycles. The molecule has 2 aliphatic rings. The van der Waals surface area contributed by atoms with Crippen molar-refractivity contribution in [3.63, 3.8) is 0 Å². The molecule has 5 nitrogen and oxygen atoms in total. The van der Waals surface area contributed by atoms with Gasteiger partial charge in [-0.3, -0.25) is 9.69 Å². The van der Waals surface area contributed by atoms with Gasteiger partial charge in [0, 0.05) is 37.7 Å². The number of carboxylic acids is 1. The van der Waals surface area contributed by atoms with Crippen LogP contribution in [-0.4, -0.2) is 42.3 Å². The van der Waals surface area contributed by atoms with E-state index in [4.69, 9.17) is 9.15 Å². The van der Waals surface area contributed by atoms with Crippen molar-refractivity contribution in [2.24, 2.45) is 11.3 Å². The van der Waals surface area contributed by atoms with Crippen molar-refractivity contribution in [2.75, 3.05) is 26.3 Å². The molecular formula is C19H21NO4. The minimum absolute atomic E-state index is 0.0806. The molecule has 2 fully saturated rings. The van der Waals surface area contributed by atoms with Crippen LogP contribution in [0.15, 0.2) is 47.1 Å². The number of likely N-dealkylation sites (tertiary alicyclic amines) is 1. The van der Waals surface area contributed by atoms with E-state index in [1.54, 1.807) is 6.26 Å². The van der Waals surface area contributed by atoms with Gasteiger partial charge in [0.2, 0.25) is 0 Å². The number of fused-ring (bicyclic) bond motifs is 1. The fourth-order valence-corrected chi connectivity index (χ4v) is 4.05. The van der Waals surface area contributed by atoms with Crippen LogP contribution in [-0.2, 0) is 16.1 Å². The van der Waals surface area contributed by atoms with Crippen molar-refractivity contribution in [1.29, 1.82) is 0 Å². The Labute approximate surface area is 140 Å². The quantitative estimate of drug-likeness (QED) is 0.935. The Balaban J connectivity index is 1.52. The van der Waals surface area contributed by atoms with E-state index in [1.165, 1.54) is 5.56 Å². The van der Waals surface area contributed by atoms with E-state index in [9.17, 15) is 9.90 Å². The van der Waals surface area contributed by atoms with Crippen molar-refractivity contribution < 1.29 is 19.1 Å². The lowest BCUT2D eigenvalue weighted by atomic mass is 9.74. The molecule has 0 spiro atoms. The molecule has 4 rings (SSSR count). The minimum atomic E-state index is -0.678. The lowest BCUT2D eigenvalue weighted by Crippen LogP contribution is -2.44. The third-order valence-electron chi connectivity index (χ3n) is 5.34. The van der Waals surface area contributed by atoms with Gasteiger partial charge in [0.25, 0.3) is 0 Å². The molecule has 0 unspecified atom stereocenters. The summed E-state index contributed by atoms with van der Waals surface area (Å²) < 4.78 is 11.0. The minimum Gasteiger partial charge on any atom is -0.481 e. The molecule has 1 aromatic heterocycles. The summed E-state index contributed by atoms with van der Waals surface area (Å²) in [4.78, 5) is 14.1. The summed E-state index contributed by atoms with van der Waals surface area (Å²) >= 11 is 0. The maximum Gasteiger partial charge on any atom is 0.311 e. The number of benzene rings is 1. The number of hydrogen-bond acceptors (Lipinski definition) is 4. The molecular weight excluding hydrogens is 306 g/mol. The summed E-state index contributed by atoms with van der Waals surface area (Å²) in [5.74, 6) is 0.252. The lowest BCUT2D eigenvalue weighted by molar-refractivity contribution is -0.157. The Bertz CT molecular complexity index is 727. The molecule has 2 aromatic rings. The van der Waals surface area contributed by atoms with Crippen LogP contribution in [0.1, 0.15) is 12.0 Å². The van der Waals surface area contributed by atoms with Crippen LogP contribution >= 0.6 is 0 Å². The van der Waals surface area contributed by atoms with Crippen molar-refractivity contribution in [3.05, 3.63) is 48.2 Å². The molecule has 0 saturated carbocycles. The van der Waals surface area contributed by atoms with Gasteiger partial charge in [0.15, 0.2) is 0 Å². The second-order valence-corrected chi connectivity index (χ2v) is 6.83. The molecule has 0 bridgehead atoms. The zero-order chi connectivity index (χ0) is 16.6. The van der Waals surface area contributed by atoms with E-state index in [0.29, 0.717) is 26.2 Å². The highest BCUT2D eigenvalue weighted by atomic mass is 16.5. The first kappa shape index (κ1) is 15.4. The summed E-state index contributed by atoms with van der Waals surface area (Å²) in [7, 11) is 0. The van der Waals surface area contributed by atoms with Gasteiger partial charge >= 0.3 is 5.97 Å². The molecule has 2 saturated heterocycles. The van der Waals surface area contributed by atoms with Crippen LogP contribution in [0.25, 0.3) is 11.3 Å². The summed E-state index contributed by atoms with van der Waals surface area (Å²) in [6.45, 7) is 3.22. The average molecular weight is 327 g/mol. The van der Waals surface area contributed by atoms with Crippen LogP contribution < -0.4 is 0 Å². The molecule has 2 atom stereocenters. The van der Waals surface area contributed by atoms with Crippen molar-refractivity contribution in [1.82, 2.24) is 4.90 Å². The summed E-state index contributed by atoms with van der Waals surface area (Å²) in [6, 6.07) is 12.1. The second kappa shape index (κ2) is 6.07. The Morgan fingerprint density at radius 3 is 3.00 bits per heavy atom. The van der Waals surface area contributed by atoms with Gasteiger partial charge < -0.3 is 14.3 Å². The van der Waals surface area contributed by atoms with Gasteiger partial charge in [-0.05, 0) is 30.2 Å². The van der Waals surface area contributed by atoms with Crippen molar-refractivity contribution >= 4 is 5.97 Å². The number of carboxylic acid groups (broad SMARTS) is 1. The Morgan fingerprint density at radius 2 is 2.25 bits per heavy atom. The fraction of sp³-hybridized carbons (Fsp3) is 0.421. The molecule has 1 aromatic carbocycles. The molecule has 0 amide bonds. The summed E-state index contributed by atoms with van der Waals surface area (Å²) in [6.07, 6.45) is 2.28. The van der Waals surface area contributed by atoms with Crippen LogP contribution in [0.4, 0.5) is 0 Å². The van der Waals surface area contributed by atoms with Gasteiger partial charge in [-0.1, -0.05) is 18.2 Å². The second-order valence-electron chi connectivity index (χ2n) is 6.83. The number of rotatable bonds is 4. The highest BCUT2D eigenvalue weighted by molar-refractivity contribution is 5.76. The first-order valence-corrected chi connectivity index (χ1v) is 8.34. The smallest absolute Gasteiger partial charge is 0.311 e. The zero-order valence-electron chi connectivity index (χ0n) is 13.5. The topological polar surface area (TPSA) is 62.9 Å². The fourth-order valence-electron chi connectivity index (χ4n) is 4.05. The third kappa shape index (κ3) is 2.64. The molecule has 24 heavy (non-hydrogen) atoms. The largest absolute Gasteiger partial charge is 0.481 e. The number of furan rings is 1. The molecule has 0 radical (unpaired) electrons. The number of hydrogen-bond donors (Lipinski definition) is 1. The predicted octanol–water partition coefficient (Wildman–Crippen LogP) is 2.87. The summed E-state index contributed by atoms with van der Waals surface area (Å²) in [5.41, 5.74) is 1.58. The monoisotopic (exact) mass is 327 g/mol. The molecule has 3 heterocycles. The third-order valence-corrected chi connectivity index (χ3v) is 5.34. The standard InChI is InChI=1S/C19H21NO4/c21-18(22)19-6-8-23-12-16(19)11-20(13-19)10-14-3-1-4-15(9-14)17-5-2-7-24-17/h1-5,7,9,16H,6,8,10-13H2,(H,21,22)/t16-,19+/m1/s1. The van der Waals surface area contributed by atoms with E-state index >= 15 is 0 Å². The van der Waals surface area contributed by atoms with Gasteiger partial charge in [0.1, 0.15) is 5.76 Å². The zero-order valence-corrected chi connectivity index (χ0v) is 13.5. The Kier molecular flexibility index (Phi) is 3.90. The molecule has 126 valence electrons. The Morgan fingerprint density at radius 1 is 1.33 bits per heavy atom. The first-order valence-electron chi connectivity index (χ1n) is 8.34. The van der Waals surface area contributed by atoms with Crippen molar-refractivity contribution in [3.8, 4) is 11.3 Å². The average Bonchev–Trinajstić information content (AvgIpc) is 3.23. The van der Waals surface area contributed by atoms with Gasteiger partial charge in [-0.15, -0.1) is 0 Å². The van der Waals surface area contributed by atoms with E-state index in [2.05, 4.69) is 17.0 Å². The van der Waals surface area contributed by atoms with E-state index in [-0.39, 0.29) is 5.92 Å². The van der Waals surface area contributed by atoms with Crippen LogP contribution in [0.5, 0.6) is 0 Å². The van der Waals surface area contributed by atoms with Crippen LogP contribution in [0.2, 0.25) is 0 Å². The number of nitrogens with zero attached hydrogens (tertiary/aromatic N) is 1. The molecule has 2 aliphatic heterocycles. The number of aliphatic carboxylic acids is 1. The van der Waals surface area contributed by atoms with E-state index < -0.39 is 11.4 Å². The molecule has 5 heteroatoms. The van der Waals surface area contributed by atoms with Gasteiger partial charge in [-0.25, -0.2) is 0 Å².